The predicted octanol–water partition coefficient (Wildman–Crippen LogP) is 1.31. The van der Waals surface area contributed by atoms with Crippen LogP contribution in [-0.2, 0) is 14.8 Å². The average molecular weight is 378 g/mol. The summed E-state index contributed by atoms with van der Waals surface area (Å²) in [6.07, 6.45) is 0. The van der Waals surface area contributed by atoms with Crippen molar-refractivity contribution in [1.82, 2.24) is 5.32 Å². The van der Waals surface area contributed by atoms with Gasteiger partial charge in [0.2, 0.25) is 0 Å². The molecule has 140 valence electrons. The first-order valence-corrected chi connectivity index (χ1v) is 9.44. The van der Waals surface area contributed by atoms with Crippen LogP contribution in [0.15, 0.2) is 53.4 Å². The minimum atomic E-state index is -3.65. The number of carbonyl (C=O) groups excluding carboxylic acids is 1. The highest BCUT2D eigenvalue weighted by Crippen LogP contribution is 2.24. The van der Waals surface area contributed by atoms with Gasteiger partial charge in [-0.15, -0.1) is 0 Å². The maximum absolute atomic E-state index is 12.7. The summed E-state index contributed by atoms with van der Waals surface area (Å²) in [5, 5.41) is 11.1. The second kappa shape index (κ2) is 8.68. The van der Waals surface area contributed by atoms with Gasteiger partial charge in [0, 0.05) is 13.6 Å². The highest BCUT2D eigenvalue weighted by atomic mass is 32.2. The number of aryl methyl sites for hydroxylation is 1. The van der Waals surface area contributed by atoms with E-state index in [0.717, 1.165) is 5.56 Å². The number of hydrogen-bond donors (Lipinski definition) is 2. The molecule has 0 atom stereocenters. The van der Waals surface area contributed by atoms with Gasteiger partial charge in [-0.2, -0.15) is 0 Å². The topological polar surface area (TPSA) is 95.9 Å². The summed E-state index contributed by atoms with van der Waals surface area (Å²) in [5.74, 6) is 0.0937. The molecule has 0 spiro atoms. The zero-order chi connectivity index (χ0) is 19.2. The number of nitrogens with zero attached hydrogens (tertiary/aromatic N) is 1. The summed E-state index contributed by atoms with van der Waals surface area (Å²) < 4.78 is 31.8. The van der Waals surface area contributed by atoms with Crippen LogP contribution in [0.1, 0.15) is 5.56 Å². The fourth-order valence-electron chi connectivity index (χ4n) is 2.15. The van der Waals surface area contributed by atoms with Gasteiger partial charge in [0.15, 0.2) is 6.61 Å². The van der Waals surface area contributed by atoms with Crippen LogP contribution in [-0.4, -0.2) is 46.2 Å². The van der Waals surface area contributed by atoms with Gasteiger partial charge in [-0.1, -0.05) is 17.7 Å². The smallest absolute Gasteiger partial charge is 0.264 e. The third-order valence-electron chi connectivity index (χ3n) is 3.68. The third-order valence-corrected chi connectivity index (χ3v) is 5.48. The maximum Gasteiger partial charge on any atom is 0.264 e. The second-order valence-electron chi connectivity index (χ2n) is 5.64. The summed E-state index contributed by atoms with van der Waals surface area (Å²) in [7, 11) is -2.17. The maximum atomic E-state index is 12.7. The Kier molecular flexibility index (Phi) is 6.59. The van der Waals surface area contributed by atoms with Crippen molar-refractivity contribution in [2.45, 2.75) is 11.8 Å². The number of aliphatic hydroxyl groups excluding tert-OH is 1. The van der Waals surface area contributed by atoms with E-state index in [1.807, 2.05) is 6.92 Å². The molecule has 1 amide bonds. The van der Waals surface area contributed by atoms with E-state index < -0.39 is 10.0 Å². The lowest BCUT2D eigenvalue weighted by molar-refractivity contribution is -0.123. The molecular formula is C18H22N2O5S. The van der Waals surface area contributed by atoms with Gasteiger partial charge in [0.05, 0.1) is 17.2 Å². The Morgan fingerprint density at radius 3 is 2.31 bits per heavy atom. The summed E-state index contributed by atoms with van der Waals surface area (Å²) in [4.78, 5) is 11.6. The molecular weight excluding hydrogens is 356 g/mol. The summed E-state index contributed by atoms with van der Waals surface area (Å²) >= 11 is 0. The van der Waals surface area contributed by atoms with E-state index in [1.165, 1.54) is 11.4 Å². The molecule has 0 aliphatic heterocycles. The molecule has 0 heterocycles. The van der Waals surface area contributed by atoms with Gasteiger partial charge < -0.3 is 15.2 Å². The highest BCUT2D eigenvalue weighted by molar-refractivity contribution is 7.92. The molecule has 0 aliphatic rings. The molecule has 0 saturated heterocycles. The monoisotopic (exact) mass is 378 g/mol. The van der Waals surface area contributed by atoms with Gasteiger partial charge >= 0.3 is 0 Å². The predicted molar refractivity (Wildman–Crippen MR) is 98.8 cm³/mol. The first-order chi connectivity index (χ1) is 12.3. The third kappa shape index (κ3) is 4.96. The van der Waals surface area contributed by atoms with E-state index in [9.17, 15) is 13.2 Å². The lowest BCUT2D eigenvalue weighted by Crippen LogP contribution is -2.31. The Bertz CT molecular complexity index is 833. The van der Waals surface area contributed by atoms with E-state index in [0.29, 0.717) is 11.4 Å². The molecule has 2 aromatic rings. The van der Waals surface area contributed by atoms with Gasteiger partial charge in [-0.25, -0.2) is 8.42 Å². The van der Waals surface area contributed by atoms with Crippen LogP contribution in [0.5, 0.6) is 5.75 Å². The molecule has 0 bridgehead atoms. The van der Waals surface area contributed by atoms with Crippen molar-refractivity contribution in [2.24, 2.45) is 0 Å². The number of amides is 1. The lowest BCUT2D eigenvalue weighted by atomic mass is 10.2. The van der Waals surface area contributed by atoms with Crippen molar-refractivity contribution in [3.05, 3.63) is 54.1 Å². The number of aliphatic hydroxyl groups is 1. The molecule has 8 heteroatoms. The van der Waals surface area contributed by atoms with Crippen LogP contribution in [0.4, 0.5) is 5.69 Å². The van der Waals surface area contributed by atoms with Crippen molar-refractivity contribution in [1.29, 1.82) is 0 Å². The Morgan fingerprint density at radius 1 is 1.12 bits per heavy atom. The molecule has 26 heavy (non-hydrogen) atoms. The van der Waals surface area contributed by atoms with Crippen molar-refractivity contribution < 1.29 is 23.1 Å². The van der Waals surface area contributed by atoms with Crippen molar-refractivity contribution in [3.63, 3.8) is 0 Å². The van der Waals surface area contributed by atoms with Gasteiger partial charge in [-0.3, -0.25) is 9.10 Å². The zero-order valence-electron chi connectivity index (χ0n) is 14.7. The first-order valence-electron chi connectivity index (χ1n) is 8.00. The number of anilines is 1. The molecule has 2 aromatic carbocycles. The number of hydrogen-bond acceptors (Lipinski definition) is 5. The van der Waals surface area contributed by atoms with Gasteiger partial charge in [0.1, 0.15) is 5.75 Å². The number of nitrogens with one attached hydrogen (secondary N) is 1. The van der Waals surface area contributed by atoms with E-state index in [1.54, 1.807) is 48.5 Å². The van der Waals surface area contributed by atoms with Crippen LogP contribution in [0.25, 0.3) is 0 Å². The number of benzene rings is 2. The van der Waals surface area contributed by atoms with E-state index >= 15 is 0 Å². The fraction of sp³-hybridized carbons (Fsp3) is 0.278. The highest BCUT2D eigenvalue weighted by Gasteiger charge is 2.21. The molecule has 7 nitrogen and oxygen atoms in total. The fourth-order valence-corrected chi connectivity index (χ4v) is 3.35. The largest absolute Gasteiger partial charge is 0.484 e. The van der Waals surface area contributed by atoms with E-state index in [4.69, 9.17) is 9.84 Å². The minimum absolute atomic E-state index is 0.137. The van der Waals surface area contributed by atoms with Crippen LogP contribution < -0.4 is 14.4 Å². The number of carbonyl (C=O) groups is 1. The first kappa shape index (κ1) is 19.7. The number of rotatable bonds is 8. The van der Waals surface area contributed by atoms with Crippen molar-refractivity contribution in [3.8, 4) is 5.75 Å². The molecule has 2 rings (SSSR count). The Hall–Kier alpha value is -2.58. The molecule has 2 N–H and O–H groups in total. The summed E-state index contributed by atoms with van der Waals surface area (Å²) in [6.45, 7) is 1.74. The minimum Gasteiger partial charge on any atom is -0.484 e. The standard InChI is InChI=1S/C18H22N2O5S/c1-14-3-9-17(10-4-14)26(23,24)20(2)15-5-7-16(8-6-15)25-13-18(22)19-11-12-21/h3-10,21H,11-13H2,1-2H3,(H,19,22). The molecule has 0 saturated carbocycles. The van der Waals surface area contributed by atoms with E-state index in [2.05, 4.69) is 5.32 Å². The molecule has 0 aliphatic carbocycles. The molecule has 0 fully saturated rings. The Balaban J connectivity index is 2.05. The van der Waals surface area contributed by atoms with Crippen LogP contribution >= 0.6 is 0 Å². The normalized spacial score (nSPS) is 11.0. The van der Waals surface area contributed by atoms with Crippen molar-refractivity contribution in [2.75, 3.05) is 31.1 Å². The van der Waals surface area contributed by atoms with Crippen molar-refractivity contribution >= 4 is 21.6 Å². The van der Waals surface area contributed by atoms with E-state index in [-0.39, 0.29) is 30.6 Å². The second-order valence-corrected chi connectivity index (χ2v) is 7.61. The van der Waals surface area contributed by atoms with Crippen LogP contribution in [0.2, 0.25) is 0 Å². The number of sulfonamides is 1. The van der Waals surface area contributed by atoms with Crippen LogP contribution in [0.3, 0.4) is 0 Å². The zero-order valence-corrected chi connectivity index (χ0v) is 15.5. The van der Waals surface area contributed by atoms with Crippen LogP contribution in [0, 0.1) is 6.92 Å². The SMILES string of the molecule is Cc1ccc(S(=O)(=O)N(C)c2ccc(OCC(=O)NCCO)cc2)cc1. The summed E-state index contributed by atoms with van der Waals surface area (Å²) in [6, 6.07) is 13.0. The Labute approximate surface area is 153 Å². The molecule has 0 radical (unpaired) electrons. The Morgan fingerprint density at radius 2 is 1.73 bits per heavy atom. The van der Waals surface area contributed by atoms with Gasteiger partial charge in [-0.05, 0) is 43.3 Å². The molecule has 0 unspecified atom stereocenters. The average Bonchev–Trinajstić information content (AvgIpc) is 2.64. The number of ether oxygens (including phenoxy) is 1. The summed E-state index contributed by atoms with van der Waals surface area (Å²) in [5.41, 5.74) is 1.46. The lowest BCUT2D eigenvalue weighted by Gasteiger charge is -2.20. The van der Waals surface area contributed by atoms with Gasteiger partial charge in [0.25, 0.3) is 15.9 Å². The molecule has 0 aromatic heterocycles. The quantitative estimate of drug-likeness (QED) is 0.722.